The fourth-order valence-corrected chi connectivity index (χ4v) is 4.13. The Morgan fingerprint density at radius 2 is 2.07 bits per heavy atom. The summed E-state index contributed by atoms with van der Waals surface area (Å²) in [7, 11) is 0. The second-order valence-corrected chi connectivity index (χ2v) is 8.41. The Labute approximate surface area is 170 Å². The van der Waals surface area contributed by atoms with Gasteiger partial charge in [-0.25, -0.2) is 0 Å². The van der Waals surface area contributed by atoms with Gasteiger partial charge in [0.15, 0.2) is 0 Å². The molecular formula is C18H16N4O2S3. The number of thiocarbonyl (C=S) groups is 1. The molecule has 2 aromatic rings. The number of aromatic nitrogens is 2. The number of hydrogen-bond acceptors (Lipinski definition) is 7. The van der Waals surface area contributed by atoms with Crippen molar-refractivity contribution < 1.29 is 9.59 Å². The zero-order valence-corrected chi connectivity index (χ0v) is 16.9. The lowest BCUT2D eigenvalue weighted by Crippen LogP contribution is -2.31. The van der Waals surface area contributed by atoms with Gasteiger partial charge in [-0.15, -0.1) is 10.2 Å². The van der Waals surface area contributed by atoms with E-state index in [1.54, 1.807) is 6.08 Å². The maximum Gasteiger partial charge on any atom is 0.266 e. The molecule has 1 fully saturated rings. The first-order valence-electron chi connectivity index (χ1n) is 8.10. The molecule has 3 rings (SSSR count). The predicted molar refractivity (Wildman–Crippen MR) is 113 cm³/mol. The van der Waals surface area contributed by atoms with Gasteiger partial charge in [0.05, 0.1) is 4.91 Å². The van der Waals surface area contributed by atoms with Crippen LogP contribution < -0.4 is 5.32 Å². The van der Waals surface area contributed by atoms with Crippen LogP contribution in [-0.4, -0.2) is 37.8 Å². The number of allylic oxidation sites excluding steroid dienone is 2. The third kappa shape index (κ3) is 5.31. The molecule has 138 valence electrons. The molecule has 1 aromatic carbocycles. The van der Waals surface area contributed by atoms with Gasteiger partial charge < -0.3 is 5.32 Å². The molecule has 1 aromatic heterocycles. The Morgan fingerprint density at radius 3 is 2.78 bits per heavy atom. The third-order valence-electron chi connectivity index (χ3n) is 3.54. The van der Waals surface area contributed by atoms with Gasteiger partial charge in [-0.3, -0.25) is 14.5 Å². The molecule has 1 aliphatic rings. The number of hydrogen-bond donors (Lipinski definition) is 1. The van der Waals surface area contributed by atoms with E-state index >= 15 is 0 Å². The number of amides is 2. The average molecular weight is 417 g/mol. The number of carbonyl (C=O) groups is 2. The normalized spacial score (nSPS) is 15.9. The van der Waals surface area contributed by atoms with E-state index in [1.807, 2.05) is 49.4 Å². The quantitative estimate of drug-likeness (QED) is 0.572. The Morgan fingerprint density at radius 1 is 1.30 bits per heavy atom. The summed E-state index contributed by atoms with van der Waals surface area (Å²) in [5.41, 5.74) is 1.05. The van der Waals surface area contributed by atoms with Gasteiger partial charge in [-0.2, -0.15) is 0 Å². The van der Waals surface area contributed by atoms with Crippen LogP contribution in [0, 0.1) is 6.92 Å². The highest BCUT2D eigenvalue weighted by Gasteiger charge is 2.31. The molecule has 1 saturated heterocycles. The average Bonchev–Trinajstić information content (AvgIpc) is 3.17. The Balaban J connectivity index is 1.55. The monoisotopic (exact) mass is 416 g/mol. The minimum atomic E-state index is -0.229. The molecule has 1 aliphatic heterocycles. The summed E-state index contributed by atoms with van der Waals surface area (Å²) in [4.78, 5) is 26.5. The second kappa shape index (κ2) is 9.03. The molecule has 9 heteroatoms. The van der Waals surface area contributed by atoms with Gasteiger partial charge in [-0.05, 0) is 18.6 Å². The standard InChI is InChI=1S/C18H16N4O2S3/c1-12-20-21-17(26-12)19-15(23)10-11-22-16(24)14(27-18(22)25)9-5-8-13-6-3-2-4-7-13/h2-9H,10-11H2,1H3,(H,19,21,23)/b8-5+,14-9-. The lowest BCUT2D eigenvalue weighted by Gasteiger charge is -2.13. The van der Waals surface area contributed by atoms with E-state index in [9.17, 15) is 9.59 Å². The van der Waals surface area contributed by atoms with Crippen molar-refractivity contribution in [2.24, 2.45) is 0 Å². The largest absolute Gasteiger partial charge is 0.300 e. The van der Waals surface area contributed by atoms with Crippen LogP contribution in [0.5, 0.6) is 0 Å². The van der Waals surface area contributed by atoms with E-state index < -0.39 is 0 Å². The van der Waals surface area contributed by atoms with Gasteiger partial charge in [0.1, 0.15) is 9.33 Å². The maximum atomic E-state index is 12.5. The van der Waals surface area contributed by atoms with Crippen molar-refractivity contribution >= 4 is 62.7 Å². The Bertz CT molecular complexity index is 922. The molecule has 0 spiro atoms. The van der Waals surface area contributed by atoms with Gasteiger partial charge in [0.25, 0.3) is 5.91 Å². The fourth-order valence-electron chi connectivity index (χ4n) is 2.26. The molecule has 0 atom stereocenters. The van der Waals surface area contributed by atoms with Crippen LogP contribution in [0.2, 0.25) is 0 Å². The highest BCUT2D eigenvalue weighted by molar-refractivity contribution is 8.26. The summed E-state index contributed by atoms with van der Waals surface area (Å²) in [5.74, 6) is -0.407. The van der Waals surface area contributed by atoms with Crippen LogP contribution in [0.15, 0.2) is 47.4 Å². The topological polar surface area (TPSA) is 75.2 Å². The number of aryl methyl sites for hydroxylation is 1. The van der Waals surface area contributed by atoms with Crippen molar-refractivity contribution in [3.8, 4) is 0 Å². The molecule has 2 amide bonds. The number of rotatable bonds is 6. The Hall–Kier alpha value is -2.36. The predicted octanol–water partition coefficient (Wildman–Crippen LogP) is 3.63. The third-order valence-corrected chi connectivity index (χ3v) is 5.69. The van der Waals surface area contributed by atoms with Crippen LogP contribution in [0.4, 0.5) is 5.13 Å². The molecule has 0 bridgehead atoms. The van der Waals surface area contributed by atoms with Crippen molar-refractivity contribution in [1.29, 1.82) is 0 Å². The van der Waals surface area contributed by atoms with E-state index in [2.05, 4.69) is 15.5 Å². The summed E-state index contributed by atoms with van der Waals surface area (Å²) in [5, 5.41) is 11.6. The molecule has 27 heavy (non-hydrogen) atoms. The molecule has 0 aliphatic carbocycles. The molecule has 2 heterocycles. The van der Waals surface area contributed by atoms with Crippen molar-refractivity contribution in [2.45, 2.75) is 13.3 Å². The second-order valence-electron chi connectivity index (χ2n) is 5.55. The number of anilines is 1. The Kier molecular flexibility index (Phi) is 6.49. The molecule has 6 nitrogen and oxygen atoms in total. The van der Waals surface area contributed by atoms with Gasteiger partial charge in [0, 0.05) is 13.0 Å². The molecule has 0 unspecified atom stereocenters. The number of nitrogens with one attached hydrogen (secondary N) is 1. The van der Waals surface area contributed by atoms with E-state index in [0.29, 0.717) is 14.4 Å². The summed E-state index contributed by atoms with van der Waals surface area (Å²) < 4.78 is 0.457. The number of benzene rings is 1. The lowest BCUT2D eigenvalue weighted by atomic mass is 10.2. The maximum absolute atomic E-state index is 12.5. The van der Waals surface area contributed by atoms with E-state index in [-0.39, 0.29) is 24.8 Å². The van der Waals surface area contributed by atoms with E-state index in [1.165, 1.54) is 28.0 Å². The van der Waals surface area contributed by atoms with Crippen LogP contribution >= 0.6 is 35.3 Å². The molecule has 0 saturated carbocycles. The van der Waals surface area contributed by atoms with Crippen LogP contribution in [-0.2, 0) is 9.59 Å². The summed E-state index contributed by atoms with van der Waals surface area (Å²) >= 11 is 7.82. The SMILES string of the molecule is Cc1nnc(NC(=O)CCN2C(=O)/C(=C/C=C/c3ccccc3)SC2=S)s1. The minimum absolute atomic E-state index is 0.137. The fraction of sp³-hybridized carbons (Fsp3) is 0.167. The lowest BCUT2D eigenvalue weighted by molar-refractivity contribution is -0.122. The number of thioether (sulfide) groups is 1. The first kappa shape index (κ1) is 19.4. The first-order chi connectivity index (χ1) is 13.0. The van der Waals surface area contributed by atoms with Crippen LogP contribution in [0.25, 0.3) is 6.08 Å². The van der Waals surface area contributed by atoms with Crippen molar-refractivity contribution in [1.82, 2.24) is 15.1 Å². The molecule has 0 radical (unpaired) electrons. The zero-order chi connectivity index (χ0) is 19.2. The zero-order valence-electron chi connectivity index (χ0n) is 14.4. The first-order valence-corrected chi connectivity index (χ1v) is 10.1. The van der Waals surface area contributed by atoms with E-state index in [0.717, 1.165) is 10.6 Å². The van der Waals surface area contributed by atoms with Crippen LogP contribution in [0.1, 0.15) is 17.0 Å². The van der Waals surface area contributed by atoms with Crippen molar-refractivity contribution in [3.05, 3.63) is 58.0 Å². The molecular weight excluding hydrogens is 400 g/mol. The highest BCUT2D eigenvalue weighted by Crippen LogP contribution is 2.31. The van der Waals surface area contributed by atoms with Gasteiger partial charge >= 0.3 is 0 Å². The number of nitrogens with zero attached hydrogens (tertiary/aromatic N) is 3. The van der Waals surface area contributed by atoms with Crippen LogP contribution in [0.3, 0.4) is 0 Å². The van der Waals surface area contributed by atoms with Crippen molar-refractivity contribution in [2.75, 3.05) is 11.9 Å². The van der Waals surface area contributed by atoms with Gasteiger partial charge in [0.2, 0.25) is 11.0 Å². The smallest absolute Gasteiger partial charge is 0.266 e. The van der Waals surface area contributed by atoms with Gasteiger partial charge in [-0.1, -0.05) is 77.8 Å². The van der Waals surface area contributed by atoms with Crippen molar-refractivity contribution in [3.63, 3.8) is 0 Å². The molecule has 1 N–H and O–H groups in total. The highest BCUT2D eigenvalue weighted by atomic mass is 32.2. The number of carbonyl (C=O) groups excluding carboxylic acids is 2. The summed E-state index contributed by atoms with van der Waals surface area (Å²) in [6, 6.07) is 9.81. The van der Waals surface area contributed by atoms with E-state index in [4.69, 9.17) is 12.2 Å². The summed E-state index contributed by atoms with van der Waals surface area (Å²) in [6.07, 6.45) is 5.63. The summed E-state index contributed by atoms with van der Waals surface area (Å²) in [6.45, 7) is 2.04. The minimum Gasteiger partial charge on any atom is -0.300 e.